The second-order valence-corrected chi connectivity index (χ2v) is 5.51. The average Bonchev–Trinajstić information content (AvgIpc) is 2.30. The largest absolute Gasteiger partial charge is 0.448 e. The maximum atomic E-state index is 4.77. The average molecular weight is 248 g/mol. The molecule has 0 fully saturated rings. The molecule has 0 N–H and O–H groups in total. The standard InChI is InChI=1S/C10H16N.C5H11BO/c1-11(2,3)9-10-7-5-4-6-8-10;1-2-3-4-5-7-6/h4-8H,9H2,1-3H3;2-5H2,1H3/q+1;. The van der Waals surface area contributed by atoms with Gasteiger partial charge >= 0.3 is 0 Å². The van der Waals surface area contributed by atoms with Crippen LogP contribution in [0.5, 0.6) is 0 Å². The predicted molar refractivity (Wildman–Crippen MR) is 79.4 cm³/mol. The lowest BCUT2D eigenvalue weighted by Gasteiger charge is -2.23. The third kappa shape index (κ3) is 11.7. The van der Waals surface area contributed by atoms with Crippen LogP contribution >= 0.6 is 0 Å². The van der Waals surface area contributed by atoms with Gasteiger partial charge in [0.05, 0.1) is 21.1 Å². The van der Waals surface area contributed by atoms with Crippen molar-refractivity contribution in [3.63, 3.8) is 0 Å². The monoisotopic (exact) mass is 248 g/mol. The van der Waals surface area contributed by atoms with Gasteiger partial charge in [0, 0.05) is 12.2 Å². The number of hydrogen-bond acceptors (Lipinski definition) is 1. The molecule has 0 unspecified atom stereocenters. The van der Waals surface area contributed by atoms with Crippen molar-refractivity contribution >= 4 is 8.05 Å². The van der Waals surface area contributed by atoms with Crippen LogP contribution in [0.15, 0.2) is 30.3 Å². The molecule has 0 heterocycles. The molecule has 1 aromatic rings. The third-order valence-electron chi connectivity index (χ3n) is 2.37. The summed E-state index contributed by atoms with van der Waals surface area (Å²) in [7, 11) is 11.4. The van der Waals surface area contributed by atoms with Gasteiger partial charge in [0.1, 0.15) is 6.54 Å². The minimum Gasteiger partial charge on any atom is -0.448 e. The Morgan fingerprint density at radius 2 is 1.67 bits per heavy atom. The van der Waals surface area contributed by atoms with E-state index >= 15 is 0 Å². The van der Waals surface area contributed by atoms with Gasteiger partial charge in [-0.1, -0.05) is 50.1 Å². The number of nitrogens with zero attached hydrogens (tertiary/aromatic N) is 1. The minimum absolute atomic E-state index is 0.702. The summed E-state index contributed by atoms with van der Waals surface area (Å²) in [6.07, 6.45) is 3.54. The first kappa shape index (κ1) is 17.2. The van der Waals surface area contributed by atoms with E-state index in [1.807, 2.05) is 0 Å². The maximum absolute atomic E-state index is 4.77. The smallest absolute Gasteiger partial charge is 0.282 e. The van der Waals surface area contributed by atoms with Crippen LogP contribution in [0.1, 0.15) is 31.7 Å². The molecule has 0 saturated heterocycles. The Labute approximate surface area is 114 Å². The van der Waals surface area contributed by atoms with E-state index in [1.54, 1.807) is 0 Å². The minimum atomic E-state index is 0.702. The van der Waals surface area contributed by atoms with Crippen LogP contribution in [0.4, 0.5) is 0 Å². The van der Waals surface area contributed by atoms with Crippen LogP contribution in [0, 0.1) is 0 Å². The lowest BCUT2D eigenvalue weighted by molar-refractivity contribution is -0.884. The van der Waals surface area contributed by atoms with Gasteiger partial charge in [-0.25, -0.2) is 0 Å². The fraction of sp³-hybridized carbons (Fsp3) is 0.600. The van der Waals surface area contributed by atoms with Crippen LogP contribution in [-0.2, 0) is 11.2 Å². The molecule has 0 aliphatic rings. The molecule has 0 aliphatic heterocycles. The van der Waals surface area contributed by atoms with E-state index < -0.39 is 0 Å². The Bertz CT molecular complexity index is 278. The Kier molecular flexibility index (Phi) is 9.71. The van der Waals surface area contributed by atoms with Gasteiger partial charge in [0.15, 0.2) is 0 Å². The fourth-order valence-corrected chi connectivity index (χ4v) is 1.57. The second kappa shape index (κ2) is 10.2. The van der Waals surface area contributed by atoms with E-state index in [1.165, 1.54) is 18.4 Å². The van der Waals surface area contributed by atoms with Gasteiger partial charge in [0.25, 0.3) is 8.05 Å². The SMILES string of the molecule is C[N+](C)(C)Cc1ccccc1.[B]OCCCCC. The molecule has 0 amide bonds. The molecule has 3 heteroatoms. The fourth-order valence-electron chi connectivity index (χ4n) is 1.57. The van der Waals surface area contributed by atoms with E-state index in [0.717, 1.165) is 17.4 Å². The molecule has 100 valence electrons. The van der Waals surface area contributed by atoms with Gasteiger partial charge < -0.3 is 9.14 Å². The molecule has 0 atom stereocenters. The molecule has 0 aromatic heterocycles. The highest BCUT2D eigenvalue weighted by Gasteiger charge is 2.06. The number of hydrogen-bond donors (Lipinski definition) is 0. The lowest BCUT2D eigenvalue weighted by atomic mass is 10.2. The first-order chi connectivity index (χ1) is 8.49. The Balaban J connectivity index is 0.000000360. The first-order valence-electron chi connectivity index (χ1n) is 6.65. The van der Waals surface area contributed by atoms with Crippen molar-refractivity contribution < 1.29 is 9.14 Å². The van der Waals surface area contributed by atoms with Crippen LogP contribution in [0.25, 0.3) is 0 Å². The van der Waals surface area contributed by atoms with Crippen molar-refractivity contribution in [2.75, 3.05) is 27.7 Å². The van der Waals surface area contributed by atoms with Crippen molar-refractivity contribution in [3.8, 4) is 0 Å². The number of rotatable bonds is 6. The molecular weight excluding hydrogens is 221 g/mol. The molecule has 0 spiro atoms. The summed E-state index contributed by atoms with van der Waals surface area (Å²) >= 11 is 0. The Morgan fingerprint density at radius 1 is 1.06 bits per heavy atom. The molecule has 1 aromatic carbocycles. The van der Waals surface area contributed by atoms with Gasteiger partial charge in [-0.05, 0) is 6.42 Å². The summed E-state index contributed by atoms with van der Waals surface area (Å²) in [5.74, 6) is 0. The molecule has 2 nitrogen and oxygen atoms in total. The van der Waals surface area contributed by atoms with E-state index in [4.69, 9.17) is 8.05 Å². The lowest BCUT2D eigenvalue weighted by Crippen LogP contribution is -2.33. The van der Waals surface area contributed by atoms with Crippen LogP contribution in [0.2, 0.25) is 0 Å². The summed E-state index contributed by atoms with van der Waals surface area (Å²) in [6, 6.07) is 10.6. The molecular formula is C15H27BNO+. The number of unbranched alkanes of at least 4 members (excludes halogenated alkanes) is 2. The maximum Gasteiger partial charge on any atom is 0.282 e. The third-order valence-corrected chi connectivity index (χ3v) is 2.37. The number of benzene rings is 1. The predicted octanol–water partition coefficient (Wildman–Crippen LogP) is 3.17. The van der Waals surface area contributed by atoms with Crippen LogP contribution in [0.3, 0.4) is 0 Å². The highest BCUT2D eigenvalue weighted by atomic mass is 16.4. The van der Waals surface area contributed by atoms with E-state index in [2.05, 4.69) is 63.1 Å². The summed E-state index contributed by atoms with van der Waals surface area (Å²) in [5.41, 5.74) is 1.40. The van der Waals surface area contributed by atoms with Gasteiger partial charge in [0.2, 0.25) is 0 Å². The van der Waals surface area contributed by atoms with Crippen molar-refractivity contribution in [1.82, 2.24) is 0 Å². The van der Waals surface area contributed by atoms with Crippen molar-refractivity contribution in [2.45, 2.75) is 32.7 Å². The van der Waals surface area contributed by atoms with Crippen molar-refractivity contribution in [2.24, 2.45) is 0 Å². The molecule has 0 saturated carbocycles. The van der Waals surface area contributed by atoms with Crippen molar-refractivity contribution in [1.29, 1.82) is 0 Å². The molecule has 2 radical (unpaired) electrons. The first-order valence-corrected chi connectivity index (χ1v) is 6.65. The summed E-state index contributed by atoms with van der Waals surface area (Å²) < 4.78 is 5.33. The van der Waals surface area contributed by atoms with E-state index in [-0.39, 0.29) is 0 Å². The Morgan fingerprint density at radius 3 is 2.11 bits per heavy atom. The normalized spacial score (nSPS) is 10.7. The Hall–Kier alpha value is -0.795. The molecule has 0 aliphatic carbocycles. The summed E-state index contributed by atoms with van der Waals surface area (Å²) in [4.78, 5) is 0. The van der Waals surface area contributed by atoms with Crippen molar-refractivity contribution in [3.05, 3.63) is 35.9 Å². The highest BCUT2D eigenvalue weighted by Crippen LogP contribution is 2.05. The molecule has 0 bridgehead atoms. The van der Waals surface area contributed by atoms with E-state index in [9.17, 15) is 0 Å². The van der Waals surface area contributed by atoms with Crippen LogP contribution in [-0.4, -0.2) is 40.3 Å². The van der Waals surface area contributed by atoms with Crippen LogP contribution < -0.4 is 0 Å². The van der Waals surface area contributed by atoms with Gasteiger partial charge in [-0.15, -0.1) is 0 Å². The zero-order chi connectivity index (χ0) is 13.9. The molecule has 1 rings (SSSR count). The van der Waals surface area contributed by atoms with Gasteiger partial charge in [-0.3, -0.25) is 0 Å². The summed E-state index contributed by atoms with van der Waals surface area (Å²) in [6.45, 7) is 3.95. The highest BCUT2D eigenvalue weighted by molar-refractivity contribution is 5.97. The van der Waals surface area contributed by atoms with E-state index in [0.29, 0.717) is 6.61 Å². The topological polar surface area (TPSA) is 9.23 Å². The zero-order valence-electron chi connectivity index (χ0n) is 12.4. The quantitative estimate of drug-likeness (QED) is 0.427. The summed E-state index contributed by atoms with van der Waals surface area (Å²) in [5, 5.41) is 0. The zero-order valence-corrected chi connectivity index (χ0v) is 12.4. The second-order valence-electron chi connectivity index (χ2n) is 5.51. The number of quaternary nitrogens is 1. The van der Waals surface area contributed by atoms with Gasteiger partial charge in [-0.2, -0.15) is 0 Å². The molecule has 18 heavy (non-hydrogen) atoms.